The highest BCUT2D eigenvalue weighted by Crippen LogP contribution is 2.39. The number of carbonyl (C=O) groups is 2. The van der Waals surface area contributed by atoms with Gasteiger partial charge in [-0.1, -0.05) is 12.8 Å². The van der Waals surface area contributed by atoms with E-state index in [9.17, 15) is 18.0 Å². The van der Waals surface area contributed by atoms with E-state index in [1.807, 2.05) is 0 Å². The second kappa shape index (κ2) is 7.55. The Morgan fingerprint density at radius 3 is 2.67 bits per heavy atom. The average Bonchev–Trinajstić information content (AvgIpc) is 3.34. The van der Waals surface area contributed by atoms with Crippen LogP contribution in [-0.2, 0) is 16.6 Å². The molecular weight excluding hydrogens is 422 g/mol. The van der Waals surface area contributed by atoms with Gasteiger partial charge >= 0.3 is 0 Å². The highest BCUT2D eigenvalue weighted by molar-refractivity contribution is 7.91. The summed E-state index contributed by atoms with van der Waals surface area (Å²) in [4.78, 5) is 30.9. The number of aromatic nitrogens is 1. The lowest BCUT2D eigenvalue weighted by molar-refractivity contribution is 0.0642. The van der Waals surface area contributed by atoms with Crippen LogP contribution in [0.2, 0.25) is 0 Å². The zero-order valence-corrected chi connectivity index (χ0v) is 18.1. The van der Waals surface area contributed by atoms with E-state index in [0.717, 1.165) is 48.3 Å². The van der Waals surface area contributed by atoms with Crippen molar-refractivity contribution in [2.75, 3.05) is 6.54 Å². The Labute approximate surface area is 179 Å². The predicted octanol–water partition coefficient (Wildman–Crippen LogP) is 3.28. The van der Waals surface area contributed by atoms with Gasteiger partial charge in [0.1, 0.15) is 9.90 Å². The highest BCUT2D eigenvalue weighted by atomic mass is 32.2. The summed E-state index contributed by atoms with van der Waals surface area (Å²) in [5.41, 5.74) is 0.451. The van der Waals surface area contributed by atoms with Gasteiger partial charge in [0.25, 0.3) is 21.8 Å². The lowest BCUT2D eigenvalue weighted by Crippen LogP contribution is -2.49. The van der Waals surface area contributed by atoms with E-state index in [1.165, 1.54) is 12.6 Å². The molecule has 2 fully saturated rings. The molecule has 1 aliphatic carbocycles. The van der Waals surface area contributed by atoms with Crippen molar-refractivity contribution in [1.29, 1.82) is 0 Å². The van der Waals surface area contributed by atoms with Crippen LogP contribution in [0.5, 0.6) is 0 Å². The van der Waals surface area contributed by atoms with Crippen molar-refractivity contribution in [2.45, 2.75) is 55.3 Å². The molecule has 2 atom stereocenters. The number of imide groups is 1. The van der Waals surface area contributed by atoms with Crippen LogP contribution in [-0.4, -0.2) is 47.0 Å². The van der Waals surface area contributed by atoms with Gasteiger partial charge in [-0.05, 0) is 55.9 Å². The summed E-state index contributed by atoms with van der Waals surface area (Å²) in [7, 11) is -3.57. The standard InChI is InChI=1S/C21H23N3O4S2/c25-20-16-7-3-11-22-19(16)21(26)23(20)13-15-9-10-18(29-15)30(27,28)24-12-4-6-14-5-1-2-8-17(14)24/h3,7,9-11,14,17H,1-2,4-6,8,12-13H2/t14-,17-/m1/s1. The van der Waals surface area contributed by atoms with Gasteiger partial charge in [-0.25, -0.2) is 8.42 Å². The van der Waals surface area contributed by atoms with Gasteiger partial charge in [0.05, 0.1) is 12.1 Å². The van der Waals surface area contributed by atoms with E-state index in [4.69, 9.17) is 0 Å². The first-order valence-electron chi connectivity index (χ1n) is 10.4. The fourth-order valence-corrected chi connectivity index (χ4v) is 8.22. The Bertz CT molecular complexity index is 1070. The minimum atomic E-state index is -3.57. The molecule has 1 saturated carbocycles. The summed E-state index contributed by atoms with van der Waals surface area (Å²) in [6.45, 7) is 0.626. The molecule has 9 heteroatoms. The Balaban J connectivity index is 1.37. The molecule has 0 N–H and O–H groups in total. The molecule has 1 saturated heterocycles. The minimum absolute atomic E-state index is 0.0558. The molecule has 30 heavy (non-hydrogen) atoms. The molecule has 0 spiro atoms. The van der Waals surface area contributed by atoms with Crippen molar-refractivity contribution < 1.29 is 18.0 Å². The Morgan fingerprint density at radius 2 is 1.83 bits per heavy atom. The van der Waals surface area contributed by atoms with E-state index < -0.39 is 15.9 Å². The van der Waals surface area contributed by atoms with E-state index in [-0.39, 0.29) is 24.2 Å². The topological polar surface area (TPSA) is 87.6 Å². The summed E-state index contributed by atoms with van der Waals surface area (Å²) in [5.74, 6) is -0.357. The molecule has 3 aliphatic rings. The molecule has 0 radical (unpaired) electrons. The number of sulfonamides is 1. The van der Waals surface area contributed by atoms with Crippen LogP contribution in [0.1, 0.15) is 64.2 Å². The third-order valence-electron chi connectivity index (χ3n) is 6.44. The van der Waals surface area contributed by atoms with Crippen molar-refractivity contribution in [3.8, 4) is 0 Å². The normalized spacial score (nSPS) is 24.7. The van der Waals surface area contributed by atoms with Gasteiger partial charge in [-0.3, -0.25) is 19.5 Å². The van der Waals surface area contributed by atoms with E-state index in [0.29, 0.717) is 27.1 Å². The number of rotatable bonds is 4. The van der Waals surface area contributed by atoms with Crippen molar-refractivity contribution in [3.63, 3.8) is 0 Å². The van der Waals surface area contributed by atoms with Crippen LogP contribution in [0, 0.1) is 5.92 Å². The fraction of sp³-hybridized carbons (Fsp3) is 0.476. The number of hydrogen-bond acceptors (Lipinski definition) is 6. The summed E-state index contributed by atoms with van der Waals surface area (Å²) in [5, 5.41) is 0. The monoisotopic (exact) mass is 445 g/mol. The lowest BCUT2D eigenvalue weighted by atomic mass is 9.79. The molecule has 2 aromatic rings. The maximum Gasteiger partial charge on any atom is 0.280 e. The predicted molar refractivity (Wildman–Crippen MR) is 112 cm³/mol. The van der Waals surface area contributed by atoms with Crippen molar-refractivity contribution in [1.82, 2.24) is 14.2 Å². The van der Waals surface area contributed by atoms with Gasteiger partial charge < -0.3 is 0 Å². The summed E-state index contributed by atoms with van der Waals surface area (Å²) in [6.07, 6.45) is 7.82. The van der Waals surface area contributed by atoms with Crippen LogP contribution < -0.4 is 0 Å². The molecule has 2 aromatic heterocycles. The van der Waals surface area contributed by atoms with Crippen LogP contribution in [0.25, 0.3) is 0 Å². The van der Waals surface area contributed by atoms with Crippen molar-refractivity contribution >= 4 is 33.2 Å². The Kier molecular flexibility index (Phi) is 4.99. The number of amides is 2. The van der Waals surface area contributed by atoms with Crippen molar-refractivity contribution in [3.05, 3.63) is 46.6 Å². The van der Waals surface area contributed by atoms with E-state index in [2.05, 4.69) is 4.98 Å². The number of nitrogens with zero attached hydrogens (tertiary/aromatic N) is 3. The van der Waals surface area contributed by atoms with Gasteiger partial charge in [0, 0.05) is 23.7 Å². The Morgan fingerprint density at radius 1 is 1.03 bits per heavy atom. The lowest BCUT2D eigenvalue weighted by Gasteiger charge is -2.42. The summed E-state index contributed by atoms with van der Waals surface area (Å²) >= 11 is 1.15. The zero-order valence-electron chi connectivity index (χ0n) is 16.5. The second-order valence-electron chi connectivity index (χ2n) is 8.19. The third-order valence-corrected chi connectivity index (χ3v) is 9.90. The molecule has 0 unspecified atom stereocenters. The summed E-state index contributed by atoms with van der Waals surface area (Å²) < 4.78 is 28.8. The van der Waals surface area contributed by atoms with E-state index >= 15 is 0 Å². The SMILES string of the molecule is O=C1c2cccnc2C(=O)N1Cc1ccc(S(=O)(=O)N2CCC[C@H]3CCCC[C@H]32)s1. The molecule has 0 aromatic carbocycles. The Hall–Kier alpha value is -2.10. The molecule has 7 nitrogen and oxygen atoms in total. The van der Waals surface area contributed by atoms with E-state index in [1.54, 1.807) is 28.6 Å². The minimum Gasteiger partial charge on any atom is -0.268 e. The fourth-order valence-electron chi connectivity index (χ4n) is 4.99. The molecule has 0 bridgehead atoms. The molecule has 2 aliphatic heterocycles. The van der Waals surface area contributed by atoms with Gasteiger partial charge in [-0.15, -0.1) is 11.3 Å². The number of hydrogen-bond donors (Lipinski definition) is 0. The highest BCUT2D eigenvalue weighted by Gasteiger charge is 2.41. The molecule has 158 valence electrons. The molecule has 4 heterocycles. The van der Waals surface area contributed by atoms with Crippen LogP contribution in [0.4, 0.5) is 0 Å². The van der Waals surface area contributed by atoms with Crippen LogP contribution in [0.3, 0.4) is 0 Å². The van der Waals surface area contributed by atoms with Gasteiger partial charge in [-0.2, -0.15) is 4.31 Å². The number of fused-ring (bicyclic) bond motifs is 2. The maximum atomic E-state index is 13.4. The largest absolute Gasteiger partial charge is 0.280 e. The smallest absolute Gasteiger partial charge is 0.268 e. The number of pyridine rings is 1. The molecule has 5 rings (SSSR count). The molecule has 2 amide bonds. The quantitative estimate of drug-likeness (QED) is 0.674. The third kappa shape index (κ3) is 3.19. The number of thiophene rings is 1. The molecular formula is C21H23N3O4S2. The summed E-state index contributed by atoms with van der Waals surface area (Å²) in [6, 6.07) is 6.63. The number of carbonyl (C=O) groups excluding carboxylic acids is 2. The van der Waals surface area contributed by atoms with Crippen LogP contribution in [0.15, 0.2) is 34.7 Å². The van der Waals surface area contributed by atoms with Gasteiger partial charge in [0.15, 0.2) is 0 Å². The van der Waals surface area contributed by atoms with Crippen molar-refractivity contribution in [2.24, 2.45) is 5.92 Å². The first-order chi connectivity index (χ1) is 14.5. The number of piperidine rings is 1. The maximum absolute atomic E-state index is 13.4. The zero-order chi connectivity index (χ0) is 20.9. The first-order valence-corrected chi connectivity index (χ1v) is 12.6. The first kappa shape index (κ1) is 19.8. The van der Waals surface area contributed by atoms with Gasteiger partial charge in [0.2, 0.25) is 0 Å². The second-order valence-corrected chi connectivity index (χ2v) is 11.5. The average molecular weight is 446 g/mol. The van der Waals surface area contributed by atoms with Crippen LogP contribution >= 0.6 is 11.3 Å².